The van der Waals surface area contributed by atoms with E-state index < -0.39 is 20.5 Å². The molecule has 0 N–H and O–H groups in total. The summed E-state index contributed by atoms with van der Waals surface area (Å²) in [6, 6.07) is 50.0. The molecular weight excluding hydrogens is 687 g/mol. The van der Waals surface area contributed by atoms with Crippen LogP contribution in [0.25, 0.3) is 45.0 Å². The molecule has 0 unspecified atom stereocenters. The molecule has 0 fully saturated rings. The molecule has 0 bridgehead atoms. The zero-order valence-corrected chi connectivity index (χ0v) is 28.2. The summed E-state index contributed by atoms with van der Waals surface area (Å²) in [6.45, 7) is 0. The van der Waals surface area contributed by atoms with Crippen molar-refractivity contribution in [1.29, 1.82) is 0 Å². The minimum absolute atomic E-state index is 0.798. The summed E-state index contributed by atoms with van der Waals surface area (Å²) in [5, 5.41) is 9.58. The van der Waals surface area contributed by atoms with Crippen molar-refractivity contribution in [3.05, 3.63) is 146 Å². The van der Waals surface area contributed by atoms with Crippen molar-refractivity contribution < 1.29 is 66.9 Å². The molecule has 4 aromatic carbocycles. The van der Waals surface area contributed by atoms with E-state index in [4.69, 9.17) is 47.5 Å². The normalized spacial score (nSPS) is 11.3. The summed E-state index contributed by atoms with van der Waals surface area (Å²) >= 11 is 0. The van der Waals surface area contributed by atoms with Crippen LogP contribution in [0.3, 0.4) is 0 Å². The minimum atomic E-state index is -4.94. The Morgan fingerprint density at radius 1 is 0.360 bits per heavy atom. The predicted octanol–water partition coefficient (Wildman–Crippen LogP) is -1.09. The summed E-state index contributed by atoms with van der Waals surface area (Å²) in [7, 11) is -5.69. The third kappa shape index (κ3) is 11.9. The highest BCUT2D eigenvalue weighted by Crippen LogP contribution is 2.31. The van der Waals surface area contributed by atoms with E-state index in [9.17, 15) is 0 Å². The summed E-state index contributed by atoms with van der Waals surface area (Å²) in [5.41, 5.74) is 10.4. The average Bonchev–Trinajstić information content (AvgIpc) is 3.08. The monoisotopic (exact) mass is 716 g/mol. The number of hydrogen-bond donors (Lipinski definition) is 0. The zero-order valence-electron chi connectivity index (χ0n) is 26.7. The van der Waals surface area contributed by atoms with Crippen LogP contribution < -0.4 is 46.4 Å². The lowest BCUT2D eigenvalue weighted by atomic mass is 10.1. The molecule has 50 heavy (non-hydrogen) atoms. The summed E-state index contributed by atoms with van der Waals surface area (Å²) < 4.78 is 72.4. The summed E-state index contributed by atoms with van der Waals surface area (Å²) in [6.07, 6.45) is 0. The Morgan fingerprint density at radius 2 is 0.540 bits per heavy atom. The van der Waals surface area contributed by atoms with E-state index in [0.29, 0.717) is 0 Å². The number of rotatable bonds is 6. The second-order valence-corrected chi connectivity index (χ2v) is 12.0. The quantitative estimate of drug-likeness (QED) is 0.152. The number of azo groups is 1. The van der Waals surface area contributed by atoms with Crippen molar-refractivity contribution in [3.63, 3.8) is 0 Å². The molecule has 0 atom stereocenters. The van der Waals surface area contributed by atoms with Crippen LogP contribution in [0.5, 0.6) is 0 Å². The molecule has 0 radical (unpaired) electrons. The maximum absolute atomic E-state index is 8.49. The molecule has 0 spiro atoms. The van der Waals surface area contributed by atoms with Crippen molar-refractivity contribution in [2.45, 2.75) is 0 Å². The van der Waals surface area contributed by atoms with Gasteiger partial charge in [0, 0.05) is 46.5 Å². The van der Waals surface area contributed by atoms with Crippen LogP contribution in [-0.4, -0.2) is 0 Å². The van der Waals surface area contributed by atoms with Crippen LogP contribution >= 0.6 is 0 Å². The van der Waals surface area contributed by atoms with Crippen molar-refractivity contribution in [2.24, 2.45) is 24.3 Å². The standard InChI is InChI=1S/C36H30N4.2ClHO4/c1-39-33(27-15-7-3-8-16-27)23-31(24-34(39)28-17-9-4-10-18-28)37-38-32-25-35(29-19-11-5-12-20-29)40(2)36(26-32)30-21-13-6-14-22-30;2*2-1(3,4)5/h3-26H,1-2H3;2*(H,2,3,4,5)/q+2;;/p-2. The van der Waals surface area contributed by atoms with E-state index in [1.165, 1.54) is 0 Å². The van der Waals surface area contributed by atoms with Gasteiger partial charge >= 0.3 is 0 Å². The predicted molar refractivity (Wildman–Crippen MR) is 161 cm³/mol. The number of nitrogens with zero attached hydrogens (tertiary/aromatic N) is 4. The maximum atomic E-state index is 8.49. The fraction of sp³-hybridized carbons (Fsp3) is 0.0556. The number of benzene rings is 4. The smallest absolute Gasteiger partial charge is 0.214 e. The third-order valence-corrected chi connectivity index (χ3v) is 7.14. The molecule has 0 saturated carbocycles. The number of pyridine rings is 2. The van der Waals surface area contributed by atoms with Crippen LogP contribution in [0.1, 0.15) is 0 Å². The van der Waals surface area contributed by atoms with Gasteiger partial charge in [-0.3, -0.25) is 0 Å². The van der Waals surface area contributed by atoms with E-state index in [2.05, 4.69) is 145 Å². The number of aromatic nitrogens is 2. The van der Waals surface area contributed by atoms with Crippen molar-refractivity contribution in [3.8, 4) is 45.0 Å². The Bertz CT molecular complexity index is 1730. The zero-order chi connectivity index (χ0) is 36.3. The Kier molecular flexibility index (Phi) is 13.0. The first-order valence-corrected chi connectivity index (χ1v) is 17.1. The van der Waals surface area contributed by atoms with Gasteiger partial charge in [0.05, 0.1) is 11.4 Å². The Morgan fingerprint density at radius 3 is 0.720 bits per heavy atom. The van der Waals surface area contributed by atoms with E-state index in [1.807, 2.05) is 24.3 Å². The minimum Gasteiger partial charge on any atom is -0.222 e. The average molecular weight is 718 g/mol. The Labute approximate surface area is 292 Å². The van der Waals surface area contributed by atoms with E-state index in [0.717, 1.165) is 56.4 Å². The maximum Gasteiger partial charge on any atom is 0.214 e. The fourth-order valence-electron chi connectivity index (χ4n) is 5.06. The third-order valence-electron chi connectivity index (χ3n) is 7.14. The van der Waals surface area contributed by atoms with Gasteiger partial charge in [0.25, 0.3) is 0 Å². The Balaban J connectivity index is 0.000000496. The highest BCUT2D eigenvalue weighted by molar-refractivity contribution is 5.68. The SMILES string of the molecule is C[n+]1c(-c2ccccc2)cc(N=Nc2cc(-c3ccccc3)[n+](C)c(-c3ccccc3)c2)cc1-c1ccccc1.[O-][Cl+3]([O-])([O-])[O-].[O-][Cl+3]([O-])([O-])[O-]. The van der Waals surface area contributed by atoms with Crippen LogP contribution in [-0.2, 0) is 14.1 Å². The lowest BCUT2D eigenvalue weighted by Crippen LogP contribution is -2.68. The molecule has 6 rings (SSSR count). The van der Waals surface area contributed by atoms with Crippen LogP contribution in [0, 0.1) is 20.5 Å². The number of halogens is 2. The van der Waals surface area contributed by atoms with Gasteiger partial charge in [-0.25, -0.2) is 37.3 Å². The molecule has 2 aromatic heterocycles. The van der Waals surface area contributed by atoms with Crippen LogP contribution in [0.2, 0.25) is 0 Å². The molecular formula is C36H30Cl2N4O8. The molecule has 0 aliphatic heterocycles. The summed E-state index contributed by atoms with van der Waals surface area (Å²) in [5.74, 6) is 0. The second-order valence-electron chi connectivity index (χ2n) is 10.5. The van der Waals surface area contributed by atoms with E-state index in [-0.39, 0.29) is 0 Å². The molecule has 0 amide bonds. The summed E-state index contributed by atoms with van der Waals surface area (Å²) in [4.78, 5) is 0. The van der Waals surface area contributed by atoms with Gasteiger partial charge in [0.15, 0.2) is 0 Å². The first-order valence-electron chi connectivity index (χ1n) is 14.6. The van der Waals surface area contributed by atoms with E-state index >= 15 is 0 Å². The molecule has 0 aliphatic rings. The van der Waals surface area contributed by atoms with Gasteiger partial charge < -0.3 is 0 Å². The van der Waals surface area contributed by atoms with Crippen molar-refractivity contribution in [1.82, 2.24) is 0 Å². The van der Waals surface area contributed by atoms with Crippen molar-refractivity contribution in [2.75, 3.05) is 0 Å². The lowest BCUT2D eigenvalue weighted by molar-refractivity contribution is -2.00. The van der Waals surface area contributed by atoms with Gasteiger partial charge in [-0.15, -0.1) is 20.5 Å². The van der Waals surface area contributed by atoms with Crippen molar-refractivity contribution >= 4 is 11.4 Å². The van der Waals surface area contributed by atoms with Gasteiger partial charge in [-0.1, -0.05) is 72.8 Å². The molecule has 6 aromatic rings. The molecule has 0 saturated heterocycles. The fourth-order valence-corrected chi connectivity index (χ4v) is 5.06. The molecule has 14 heteroatoms. The van der Waals surface area contributed by atoms with Gasteiger partial charge in [-0.2, -0.15) is 19.4 Å². The van der Waals surface area contributed by atoms with Crippen LogP contribution in [0.15, 0.2) is 156 Å². The largest absolute Gasteiger partial charge is 0.222 e. The van der Waals surface area contributed by atoms with Crippen LogP contribution in [0.4, 0.5) is 11.4 Å². The van der Waals surface area contributed by atoms with Gasteiger partial charge in [-0.05, 0) is 48.5 Å². The Hall–Kier alpha value is -4.96. The highest BCUT2D eigenvalue weighted by Gasteiger charge is 2.21. The van der Waals surface area contributed by atoms with Gasteiger partial charge in [0.2, 0.25) is 22.8 Å². The first kappa shape index (κ1) is 37.9. The molecule has 0 aliphatic carbocycles. The first-order chi connectivity index (χ1) is 23.7. The highest BCUT2D eigenvalue weighted by atomic mass is 35.7. The van der Waals surface area contributed by atoms with Gasteiger partial charge in [0.1, 0.15) is 14.1 Å². The molecule has 12 nitrogen and oxygen atoms in total. The van der Waals surface area contributed by atoms with E-state index in [1.54, 1.807) is 0 Å². The molecule has 2 heterocycles. The second kappa shape index (κ2) is 17.1. The topological polar surface area (TPSA) is 217 Å². The number of hydrogen-bond acceptors (Lipinski definition) is 10. The lowest BCUT2D eigenvalue weighted by Gasteiger charge is -2.17. The molecule has 256 valence electrons.